The molecule has 0 aliphatic heterocycles. The Kier molecular flexibility index (Phi) is 3.11. The molecule has 62 valence electrons. The Morgan fingerprint density at radius 2 is 2.00 bits per heavy atom. The first kappa shape index (κ1) is 8.56. The van der Waals surface area contributed by atoms with Crippen molar-refractivity contribution in [3.8, 4) is 0 Å². The van der Waals surface area contributed by atoms with E-state index in [1.165, 1.54) is 0 Å². The highest BCUT2D eigenvalue weighted by Gasteiger charge is 1.97. The molecule has 0 atom stereocenters. The van der Waals surface area contributed by atoms with Gasteiger partial charge in [0, 0.05) is 5.56 Å². The number of benzene rings is 1. The lowest BCUT2D eigenvalue weighted by molar-refractivity contribution is 0.291. The van der Waals surface area contributed by atoms with Crippen molar-refractivity contribution in [2.24, 2.45) is 5.90 Å². The van der Waals surface area contributed by atoms with E-state index in [9.17, 15) is 0 Å². The highest BCUT2D eigenvalue weighted by Crippen LogP contribution is 2.12. The maximum atomic E-state index is 5.07. The fraction of sp³-hybridized carbons (Fsp3) is 0. The lowest BCUT2D eigenvalue weighted by atomic mass is 10.2. The third kappa shape index (κ3) is 1.97. The molecule has 0 radical (unpaired) electrons. The van der Waals surface area contributed by atoms with Gasteiger partial charge < -0.3 is 4.84 Å². The summed E-state index contributed by atoms with van der Waals surface area (Å²) in [5, 5.41) is 0. The molecule has 0 heterocycles. The molecule has 0 fully saturated rings. The third-order valence-corrected chi connectivity index (χ3v) is 1.45. The van der Waals surface area contributed by atoms with Crippen LogP contribution in [-0.2, 0) is 4.84 Å². The monoisotopic (exact) mass is 161 g/mol. The molecule has 0 amide bonds. The maximum Gasteiger partial charge on any atom is 0.154 e. The van der Waals surface area contributed by atoms with Crippen molar-refractivity contribution in [1.29, 1.82) is 0 Å². The molecule has 1 aromatic carbocycles. The standard InChI is InChI=1S/C10H11NO/c1-2-6-10(12-11)9-7-4-3-5-8-9/h2-8H,1,11H2/b10-6-. The fourth-order valence-corrected chi connectivity index (χ4v) is 0.913. The van der Waals surface area contributed by atoms with Gasteiger partial charge >= 0.3 is 0 Å². The predicted octanol–water partition coefficient (Wildman–Crippen LogP) is 2.10. The van der Waals surface area contributed by atoms with Gasteiger partial charge in [0.15, 0.2) is 5.76 Å². The molecule has 0 saturated carbocycles. The van der Waals surface area contributed by atoms with Crippen LogP contribution < -0.4 is 5.90 Å². The summed E-state index contributed by atoms with van der Waals surface area (Å²) in [6.07, 6.45) is 3.35. The highest BCUT2D eigenvalue weighted by atomic mass is 16.6. The van der Waals surface area contributed by atoms with Crippen molar-refractivity contribution in [2.75, 3.05) is 0 Å². The van der Waals surface area contributed by atoms with Gasteiger partial charge in [-0.3, -0.25) is 0 Å². The van der Waals surface area contributed by atoms with Crippen LogP contribution in [-0.4, -0.2) is 0 Å². The smallest absolute Gasteiger partial charge is 0.154 e. The first-order valence-electron chi connectivity index (χ1n) is 3.63. The van der Waals surface area contributed by atoms with Crippen LogP contribution in [0.1, 0.15) is 5.56 Å². The number of nitrogens with two attached hydrogens (primary N) is 1. The zero-order chi connectivity index (χ0) is 8.81. The van der Waals surface area contributed by atoms with E-state index in [1.54, 1.807) is 12.2 Å². The van der Waals surface area contributed by atoms with E-state index in [-0.39, 0.29) is 0 Å². The van der Waals surface area contributed by atoms with Crippen molar-refractivity contribution in [2.45, 2.75) is 0 Å². The molecule has 0 saturated heterocycles. The Labute approximate surface area is 71.9 Å². The second-order valence-electron chi connectivity index (χ2n) is 2.25. The van der Waals surface area contributed by atoms with Crippen LogP contribution in [0.25, 0.3) is 5.76 Å². The van der Waals surface area contributed by atoms with E-state index >= 15 is 0 Å². The van der Waals surface area contributed by atoms with Crippen molar-refractivity contribution < 1.29 is 4.84 Å². The topological polar surface area (TPSA) is 35.2 Å². The second kappa shape index (κ2) is 4.36. The number of hydrogen-bond donors (Lipinski definition) is 1. The largest absolute Gasteiger partial charge is 0.411 e. The summed E-state index contributed by atoms with van der Waals surface area (Å²) >= 11 is 0. The predicted molar refractivity (Wildman–Crippen MR) is 49.9 cm³/mol. The molecule has 12 heavy (non-hydrogen) atoms. The van der Waals surface area contributed by atoms with Crippen LogP contribution in [0.15, 0.2) is 49.1 Å². The minimum absolute atomic E-state index is 0.616. The van der Waals surface area contributed by atoms with Crippen LogP contribution in [0.3, 0.4) is 0 Å². The van der Waals surface area contributed by atoms with E-state index in [1.807, 2.05) is 30.3 Å². The fourth-order valence-electron chi connectivity index (χ4n) is 0.913. The summed E-state index contributed by atoms with van der Waals surface area (Å²) in [4.78, 5) is 4.67. The van der Waals surface area contributed by atoms with Gasteiger partial charge in [0.2, 0.25) is 0 Å². The van der Waals surface area contributed by atoms with Gasteiger partial charge in [-0.05, 0) is 6.08 Å². The van der Waals surface area contributed by atoms with Gasteiger partial charge in [0.25, 0.3) is 0 Å². The SMILES string of the molecule is C=C/C=C(\ON)c1ccccc1. The van der Waals surface area contributed by atoms with Crippen LogP contribution in [0.2, 0.25) is 0 Å². The number of allylic oxidation sites excluding steroid dienone is 2. The third-order valence-electron chi connectivity index (χ3n) is 1.45. The van der Waals surface area contributed by atoms with E-state index in [4.69, 9.17) is 5.90 Å². The molecule has 0 aliphatic rings. The minimum Gasteiger partial charge on any atom is -0.411 e. The summed E-state index contributed by atoms with van der Waals surface area (Å²) in [7, 11) is 0. The average molecular weight is 161 g/mol. The van der Waals surface area contributed by atoms with Gasteiger partial charge in [-0.2, -0.15) is 5.90 Å². The van der Waals surface area contributed by atoms with E-state index in [2.05, 4.69) is 11.4 Å². The molecule has 2 heteroatoms. The summed E-state index contributed by atoms with van der Waals surface area (Å²) in [6.45, 7) is 3.56. The van der Waals surface area contributed by atoms with Gasteiger partial charge in [-0.25, -0.2) is 0 Å². The molecule has 1 rings (SSSR count). The summed E-state index contributed by atoms with van der Waals surface area (Å²) in [6, 6.07) is 9.62. The Hall–Kier alpha value is -1.54. The van der Waals surface area contributed by atoms with Crippen LogP contribution in [0.4, 0.5) is 0 Å². The maximum absolute atomic E-state index is 5.07. The van der Waals surface area contributed by atoms with Crippen LogP contribution in [0, 0.1) is 0 Å². The van der Waals surface area contributed by atoms with Crippen molar-refractivity contribution in [1.82, 2.24) is 0 Å². The highest BCUT2D eigenvalue weighted by molar-refractivity contribution is 5.60. The normalized spacial score (nSPS) is 10.9. The zero-order valence-corrected chi connectivity index (χ0v) is 6.73. The summed E-state index contributed by atoms with van der Waals surface area (Å²) in [5.41, 5.74) is 0.944. The zero-order valence-electron chi connectivity index (χ0n) is 6.73. The number of hydrogen-bond acceptors (Lipinski definition) is 2. The second-order valence-corrected chi connectivity index (χ2v) is 2.25. The first-order chi connectivity index (χ1) is 5.88. The van der Waals surface area contributed by atoms with Gasteiger partial charge in [0.05, 0.1) is 0 Å². The summed E-state index contributed by atoms with van der Waals surface area (Å²) in [5.74, 6) is 5.69. The van der Waals surface area contributed by atoms with Crippen molar-refractivity contribution in [3.05, 3.63) is 54.6 Å². The Morgan fingerprint density at radius 3 is 2.50 bits per heavy atom. The molecular formula is C10H11NO. The molecule has 0 unspecified atom stereocenters. The van der Waals surface area contributed by atoms with Crippen molar-refractivity contribution in [3.63, 3.8) is 0 Å². The lowest BCUT2D eigenvalue weighted by Gasteiger charge is -2.02. The molecule has 0 bridgehead atoms. The molecule has 1 aromatic rings. The molecule has 0 spiro atoms. The quantitative estimate of drug-likeness (QED) is 0.418. The van der Waals surface area contributed by atoms with Gasteiger partial charge in [-0.15, -0.1) is 0 Å². The van der Waals surface area contributed by atoms with E-state index in [0.717, 1.165) is 5.56 Å². The first-order valence-corrected chi connectivity index (χ1v) is 3.63. The lowest BCUT2D eigenvalue weighted by Crippen LogP contribution is -1.97. The van der Waals surface area contributed by atoms with Gasteiger partial charge in [-0.1, -0.05) is 43.0 Å². The Bertz CT molecular complexity index is 277. The molecule has 0 aromatic heterocycles. The molecule has 2 N–H and O–H groups in total. The number of rotatable bonds is 3. The van der Waals surface area contributed by atoms with Crippen molar-refractivity contribution >= 4 is 5.76 Å². The molecule has 0 aliphatic carbocycles. The summed E-state index contributed by atoms with van der Waals surface area (Å²) < 4.78 is 0. The Morgan fingerprint density at radius 1 is 1.33 bits per heavy atom. The minimum atomic E-state index is 0.616. The Balaban J connectivity index is 2.95. The van der Waals surface area contributed by atoms with Crippen LogP contribution in [0.5, 0.6) is 0 Å². The van der Waals surface area contributed by atoms with Gasteiger partial charge in [0.1, 0.15) is 0 Å². The van der Waals surface area contributed by atoms with E-state index < -0.39 is 0 Å². The average Bonchev–Trinajstić information content (AvgIpc) is 2.15. The molecule has 2 nitrogen and oxygen atoms in total. The molecular weight excluding hydrogens is 150 g/mol. The van der Waals surface area contributed by atoms with Crippen LogP contribution >= 0.6 is 0 Å². The van der Waals surface area contributed by atoms with E-state index in [0.29, 0.717) is 5.76 Å².